The smallest absolute Gasteiger partial charge is 0.223 e. The van der Waals surface area contributed by atoms with Crippen LogP contribution in [-0.4, -0.2) is 36.7 Å². The third kappa shape index (κ3) is 3.06. The van der Waals surface area contributed by atoms with Crippen LogP contribution in [0.3, 0.4) is 0 Å². The number of nitrogens with one attached hydrogen (secondary N) is 1. The highest BCUT2D eigenvalue weighted by molar-refractivity contribution is 7.99. The molecule has 0 amide bonds. The molecule has 2 aromatic heterocycles. The highest BCUT2D eigenvalue weighted by Crippen LogP contribution is 2.25. The summed E-state index contributed by atoms with van der Waals surface area (Å²) in [7, 11) is 1.77. The minimum atomic E-state index is 0.230. The van der Waals surface area contributed by atoms with Gasteiger partial charge in [-0.05, 0) is 28.6 Å². The normalized spacial score (nSPS) is 10.6. The lowest BCUT2D eigenvalue weighted by Crippen LogP contribution is -2.05. The Kier molecular flexibility index (Phi) is 3.92. The maximum atomic E-state index is 5.66. The Morgan fingerprint density at radius 3 is 2.94 bits per heavy atom. The van der Waals surface area contributed by atoms with E-state index in [1.165, 1.54) is 11.8 Å². The van der Waals surface area contributed by atoms with Gasteiger partial charge in [-0.3, -0.25) is 0 Å². The summed E-state index contributed by atoms with van der Waals surface area (Å²) in [6.07, 6.45) is 1.01. The quantitative estimate of drug-likeness (QED) is 0.756. The van der Waals surface area contributed by atoms with Crippen LogP contribution in [0.2, 0.25) is 0 Å². The van der Waals surface area contributed by atoms with Crippen molar-refractivity contribution < 1.29 is 0 Å². The molecule has 9 heteroatoms. The first kappa shape index (κ1) is 12.6. The number of nitrogens with two attached hydrogens (primary N) is 1. The molecule has 0 saturated carbocycles. The summed E-state index contributed by atoms with van der Waals surface area (Å²) in [6, 6.07) is 1.82. The molecule has 0 radical (unpaired) electrons. The van der Waals surface area contributed by atoms with Crippen LogP contribution < -0.4 is 11.1 Å². The van der Waals surface area contributed by atoms with E-state index in [1.54, 1.807) is 11.7 Å². The molecule has 0 fully saturated rings. The fraction of sp³-hybridized carbons (Fsp3) is 0.444. The van der Waals surface area contributed by atoms with Crippen LogP contribution >= 0.6 is 11.8 Å². The molecule has 0 aliphatic carbocycles. The van der Waals surface area contributed by atoms with Crippen molar-refractivity contribution >= 4 is 23.5 Å². The molecule has 3 N–H and O–H groups in total. The number of aromatic nitrogens is 6. The highest BCUT2D eigenvalue weighted by atomic mass is 32.2. The zero-order valence-corrected chi connectivity index (χ0v) is 11.0. The van der Waals surface area contributed by atoms with Crippen LogP contribution in [0.1, 0.15) is 13.3 Å². The van der Waals surface area contributed by atoms with Gasteiger partial charge < -0.3 is 11.1 Å². The van der Waals surface area contributed by atoms with Gasteiger partial charge in [0.2, 0.25) is 11.1 Å². The van der Waals surface area contributed by atoms with Gasteiger partial charge in [0.25, 0.3) is 0 Å². The molecule has 0 spiro atoms. The Labute approximate surface area is 108 Å². The lowest BCUT2D eigenvalue weighted by atomic mass is 10.4. The van der Waals surface area contributed by atoms with Crippen molar-refractivity contribution in [3.05, 3.63) is 6.07 Å². The molecule has 2 heterocycles. The summed E-state index contributed by atoms with van der Waals surface area (Å²) >= 11 is 1.34. The first-order valence-corrected chi connectivity index (χ1v) is 6.29. The van der Waals surface area contributed by atoms with Gasteiger partial charge in [0.1, 0.15) is 10.8 Å². The summed E-state index contributed by atoms with van der Waals surface area (Å²) in [5, 5.41) is 15.7. The molecule has 8 nitrogen and oxygen atoms in total. The predicted octanol–water partition coefficient (Wildman–Crippen LogP) is 0.555. The molecule has 0 unspecified atom stereocenters. The second-order valence-electron chi connectivity index (χ2n) is 3.56. The molecule has 0 aliphatic rings. The second kappa shape index (κ2) is 5.63. The van der Waals surface area contributed by atoms with Crippen LogP contribution in [0.15, 0.2) is 16.2 Å². The molecular formula is C9H14N8S. The predicted molar refractivity (Wildman–Crippen MR) is 68.1 cm³/mol. The van der Waals surface area contributed by atoms with E-state index in [-0.39, 0.29) is 5.95 Å². The first-order valence-electron chi connectivity index (χ1n) is 5.47. The average Bonchev–Trinajstić information content (AvgIpc) is 2.72. The van der Waals surface area contributed by atoms with Crippen LogP contribution in [-0.2, 0) is 7.05 Å². The number of hydrogen-bond acceptors (Lipinski definition) is 8. The molecule has 0 aliphatic heterocycles. The molecular weight excluding hydrogens is 252 g/mol. The Morgan fingerprint density at radius 2 is 2.28 bits per heavy atom. The zero-order valence-electron chi connectivity index (χ0n) is 10.2. The summed E-state index contributed by atoms with van der Waals surface area (Å²) in [6.45, 7) is 2.92. The monoisotopic (exact) mass is 266 g/mol. The van der Waals surface area contributed by atoms with E-state index in [0.29, 0.717) is 16.0 Å². The number of aryl methyl sites for hydroxylation is 1. The van der Waals surface area contributed by atoms with Crippen molar-refractivity contribution in [1.82, 2.24) is 30.2 Å². The van der Waals surface area contributed by atoms with E-state index in [1.807, 2.05) is 6.07 Å². The summed E-state index contributed by atoms with van der Waals surface area (Å²) in [5.74, 6) is 0.940. The standard InChI is InChI=1S/C9H14N8S/c1-3-4-11-6-5-7(13-8(10)12-6)18-9-14-15-16-17(9)2/h5H,3-4H2,1-2H3,(H3,10,11,12,13). The SMILES string of the molecule is CCCNc1cc(Sc2nnnn2C)nc(N)n1. The number of nitrogens with zero attached hydrogens (tertiary/aromatic N) is 6. The first-order chi connectivity index (χ1) is 8.69. The van der Waals surface area contributed by atoms with Crippen LogP contribution in [0, 0.1) is 0 Å². The van der Waals surface area contributed by atoms with E-state index in [2.05, 4.69) is 37.7 Å². The third-order valence-corrected chi connectivity index (χ3v) is 3.00. The van der Waals surface area contributed by atoms with Gasteiger partial charge in [-0.25, -0.2) is 9.67 Å². The molecule has 0 aromatic carbocycles. The molecule has 2 rings (SSSR count). The van der Waals surface area contributed by atoms with Crippen molar-refractivity contribution in [1.29, 1.82) is 0 Å². The van der Waals surface area contributed by atoms with Gasteiger partial charge in [0, 0.05) is 19.7 Å². The summed E-state index contributed by atoms with van der Waals surface area (Å²) < 4.78 is 1.57. The van der Waals surface area contributed by atoms with E-state index in [9.17, 15) is 0 Å². The molecule has 96 valence electrons. The van der Waals surface area contributed by atoms with E-state index in [4.69, 9.17) is 5.73 Å². The topological polar surface area (TPSA) is 107 Å². The number of rotatable bonds is 5. The van der Waals surface area contributed by atoms with Gasteiger partial charge in [-0.2, -0.15) is 4.98 Å². The average molecular weight is 266 g/mol. The van der Waals surface area contributed by atoms with Crippen molar-refractivity contribution in [3.63, 3.8) is 0 Å². The van der Waals surface area contributed by atoms with Gasteiger partial charge in [-0.15, -0.1) is 5.10 Å². The Bertz CT molecular complexity index is 525. The van der Waals surface area contributed by atoms with Gasteiger partial charge >= 0.3 is 0 Å². The minimum Gasteiger partial charge on any atom is -0.370 e. The van der Waals surface area contributed by atoms with E-state index < -0.39 is 0 Å². The lowest BCUT2D eigenvalue weighted by molar-refractivity contribution is 0.664. The van der Waals surface area contributed by atoms with Crippen molar-refractivity contribution in [3.8, 4) is 0 Å². The Balaban J connectivity index is 2.17. The van der Waals surface area contributed by atoms with Crippen LogP contribution in [0.25, 0.3) is 0 Å². The van der Waals surface area contributed by atoms with Gasteiger partial charge in [0.15, 0.2) is 0 Å². The summed E-state index contributed by atoms with van der Waals surface area (Å²) in [5.41, 5.74) is 5.66. The van der Waals surface area contributed by atoms with Crippen LogP contribution in [0.5, 0.6) is 0 Å². The highest BCUT2D eigenvalue weighted by Gasteiger charge is 2.08. The van der Waals surface area contributed by atoms with Crippen molar-refractivity contribution in [2.75, 3.05) is 17.6 Å². The minimum absolute atomic E-state index is 0.230. The maximum Gasteiger partial charge on any atom is 0.223 e. The number of hydrogen-bond donors (Lipinski definition) is 2. The largest absolute Gasteiger partial charge is 0.370 e. The Hall–Kier alpha value is -1.90. The van der Waals surface area contributed by atoms with Gasteiger partial charge in [-0.1, -0.05) is 6.92 Å². The number of tetrazole rings is 1. The van der Waals surface area contributed by atoms with E-state index in [0.717, 1.165) is 13.0 Å². The number of anilines is 2. The Morgan fingerprint density at radius 1 is 1.44 bits per heavy atom. The third-order valence-electron chi connectivity index (χ3n) is 2.05. The molecule has 2 aromatic rings. The van der Waals surface area contributed by atoms with Crippen LogP contribution in [0.4, 0.5) is 11.8 Å². The van der Waals surface area contributed by atoms with Crippen molar-refractivity contribution in [2.45, 2.75) is 23.5 Å². The van der Waals surface area contributed by atoms with E-state index >= 15 is 0 Å². The fourth-order valence-electron chi connectivity index (χ4n) is 1.24. The lowest BCUT2D eigenvalue weighted by Gasteiger charge is -2.06. The molecule has 0 atom stereocenters. The fourth-order valence-corrected chi connectivity index (χ4v) is 1.98. The maximum absolute atomic E-state index is 5.66. The molecule has 0 saturated heterocycles. The molecule has 18 heavy (non-hydrogen) atoms. The number of nitrogen functional groups attached to an aromatic ring is 1. The molecule has 0 bridgehead atoms. The summed E-state index contributed by atoms with van der Waals surface area (Å²) in [4.78, 5) is 8.25. The zero-order chi connectivity index (χ0) is 13.0. The van der Waals surface area contributed by atoms with Gasteiger partial charge in [0.05, 0.1) is 0 Å². The second-order valence-corrected chi connectivity index (χ2v) is 4.55. The van der Waals surface area contributed by atoms with Crippen molar-refractivity contribution in [2.24, 2.45) is 7.05 Å².